The van der Waals surface area contributed by atoms with E-state index in [1.54, 1.807) is 0 Å². The summed E-state index contributed by atoms with van der Waals surface area (Å²) in [7, 11) is 4.15. The Morgan fingerprint density at radius 2 is 0.970 bits per heavy atom. The molecule has 0 saturated heterocycles. The Morgan fingerprint density at radius 3 is 1.33 bits per heavy atom. The second-order valence-electron chi connectivity index (χ2n) is 6.37. The lowest BCUT2D eigenvalue weighted by atomic mass is 9.98. The van der Waals surface area contributed by atoms with Gasteiger partial charge in [0.2, 0.25) is 0 Å². The number of aromatic hydroxyl groups is 3. The predicted octanol–water partition coefficient (Wildman–Crippen LogP) is 3.80. The summed E-state index contributed by atoms with van der Waals surface area (Å²) in [5, 5.41) is 56.2. The lowest BCUT2D eigenvalue weighted by molar-refractivity contribution is 0.370. The second-order valence-corrected chi connectivity index (χ2v) is 6.37. The zero-order valence-corrected chi connectivity index (χ0v) is 17.9. The van der Waals surface area contributed by atoms with Crippen LogP contribution >= 0.6 is 0 Å². The minimum absolute atomic E-state index is 0.0477. The van der Waals surface area contributed by atoms with Gasteiger partial charge in [-0.2, -0.15) is 15.8 Å². The summed E-state index contributed by atoms with van der Waals surface area (Å²) in [5.74, 6) is 0.0722. The number of nitriles is 3. The third kappa shape index (κ3) is 5.35. The van der Waals surface area contributed by atoms with Crippen LogP contribution < -0.4 is 14.2 Å². The molecule has 0 saturated carbocycles. The van der Waals surface area contributed by atoms with Crippen LogP contribution in [0.1, 0.15) is 16.7 Å². The summed E-state index contributed by atoms with van der Waals surface area (Å²) >= 11 is 0. The Morgan fingerprint density at radius 1 is 0.576 bits per heavy atom. The summed E-state index contributed by atoms with van der Waals surface area (Å²) < 4.78 is 14.8. The van der Waals surface area contributed by atoms with Crippen LogP contribution in [0.5, 0.6) is 34.5 Å². The minimum Gasteiger partial charge on any atom is -0.504 e. The Balaban J connectivity index is 0.000000294. The van der Waals surface area contributed by atoms with Gasteiger partial charge >= 0.3 is 0 Å². The normalized spacial score (nSPS) is 9.33. The molecule has 166 valence electrons. The summed E-state index contributed by atoms with van der Waals surface area (Å²) in [6.45, 7) is 0. The smallest absolute Gasteiger partial charge is 0.165 e. The number of benzene rings is 3. The average molecular weight is 445 g/mol. The maximum Gasteiger partial charge on any atom is 0.165 e. The molecule has 0 aromatic heterocycles. The van der Waals surface area contributed by atoms with Crippen molar-refractivity contribution in [3.8, 4) is 63.8 Å². The van der Waals surface area contributed by atoms with Gasteiger partial charge in [-0.05, 0) is 24.3 Å². The molecule has 9 nitrogen and oxygen atoms in total. The van der Waals surface area contributed by atoms with Gasteiger partial charge in [-0.15, -0.1) is 0 Å². The summed E-state index contributed by atoms with van der Waals surface area (Å²) in [4.78, 5) is 0. The zero-order valence-electron chi connectivity index (χ0n) is 17.9. The van der Waals surface area contributed by atoms with Crippen LogP contribution in [0.2, 0.25) is 0 Å². The number of methoxy groups -OCH3 is 3. The molecule has 0 heterocycles. The van der Waals surface area contributed by atoms with E-state index in [1.165, 1.54) is 63.8 Å². The SMILES string of the molecule is COc1cc(C#N)cc(-c2cc(C#N)cc(OC)c2O)c1O.COc1cc(C#N)ccc1O. The van der Waals surface area contributed by atoms with Crippen molar-refractivity contribution in [3.05, 3.63) is 59.2 Å². The van der Waals surface area contributed by atoms with Gasteiger partial charge in [-0.25, -0.2) is 0 Å². The molecule has 0 atom stereocenters. The molecule has 0 spiro atoms. The average Bonchev–Trinajstić information content (AvgIpc) is 2.85. The Hall–Kier alpha value is -5.07. The number of hydrogen-bond donors (Lipinski definition) is 3. The number of rotatable bonds is 4. The number of ether oxygens (including phenoxy) is 3. The third-order valence-corrected chi connectivity index (χ3v) is 4.45. The molecule has 9 heteroatoms. The highest BCUT2D eigenvalue weighted by atomic mass is 16.5. The summed E-state index contributed by atoms with van der Waals surface area (Å²) in [6, 6.07) is 15.8. The molecule has 0 bridgehead atoms. The maximum absolute atomic E-state index is 10.2. The van der Waals surface area contributed by atoms with Crippen molar-refractivity contribution in [1.29, 1.82) is 15.8 Å². The quantitative estimate of drug-likeness (QED) is 0.542. The fraction of sp³-hybridized carbons (Fsp3) is 0.125. The fourth-order valence-corrected chi connectivity index (χ4v) is 2.81. The van der Waals surface area contributed by atoms with Crippen molar-refractivity contribution in [1.82, 2.24) is 0 Å². The van der Waals surface area contributed by atoms with Crippen LogP contribution in [-0.2, 0) is 0 Å². The van der Waals surface area contributed by atoms with Crippen molar-refractivity contribution in [3.63, 3.8) is 0 Å². The van der Waals surface area contributed by atoms with Crippen molar-refractivity contribution >= 4 is 0 Å². The molecule has 0 unspecified atom stereocenters. The van der Waals surface area contributed by atoms with Gasteiger partial charge in [0.25, 0.3) is 0 Å². The van der Waals surface area contributed by atoms with Gasteiger partial charge in [0, 0.05) is 29.3 Å². The largest absolute Gasteiger partial charge is 0.504 e. The van der Waals surface area contributed by atoms with Gasteiger partial charge < -0.3 is 29.5 Å². The van der Waals surface area contributed by atoms with Gasteiger partial charge in [-0.3, -0.25) is 0 Å². The highest BCUT2D eigenvalue weighted by molar-refractivity contribution is 5.82. The second kappa shape index (κ2) is 10.8. The molecule has 3 aromatic rings. The van der Waals surface area contributed by atoms with Crippen molar-refractivity contribution in [2.45, 2.75) is 0 Å². The van der Waals surface area contributed by atoms with Crippen LogP contribution in [0.3, 0.4) is 0 Å². The number of nitrogens with zero attached hydrogens (tertiary/aromatic N) is 3. The molecule has 33 heavy (non-hydrogen) atoms. The van der Waals surface area contributed by atoms with Crippen LogP contribution in [0.4, 0.5) is 0 Å². The molecule has 0 amide bonds. The first-order valence-corrected chi connectivity index (χ1v) is 9.23. The first kappa shape index (κ1) is 24.2. The van der Waals surface area contributed by atoms with Crippen molar-refractivity contribution < 1.29 is 29.5 Å². The Kier molecular flexibility index (Phi) is 7.93. The van der Waals surface area contributed by atoms with E-state index in [0.717, 1.165) is 0 Å². The van der Waals surface area contributed by atoms with E-state index in [4.69, 9.17) is 35.1 Å². The standard InChI is InChI=1S/C16H12N2O4.C8H7NO2/c1-21-13-5-9(7-17)3-11(15(13)19)12-4-10(8-18)6-14(22-2)16(12)20;1-11-8-4-6(5-9)2-3-7(8)10/h3-6,19-20H,1-2H3;2-4,10H,1H3. The molecule has 3 aromatic carbocycles. The van der Waals surface area contributed by atoms with Crippen LogP contribution in [-0.4, -0.2) is 36.6 Å². The maximum atomic E-state index is 10.2. The monoisotopic (exact) mass is 445 g/mol. The summed E-state index contributed by atoms with van der Waals surface area (Å²) in [6.07, 6.45) is 0. The van der Waals surface area contributed by atoms with E-state index in [-0.39, 0.29) is 51.0 Å². The fourth-order valence-electron chi connectivity index (χ4n) is 2.81. The number of hydrogen-bond acceptors (Lipinski definition) is 9. The van der Waals surface area contributed by atoms with E-state index < -0.39 is 0 Å². The number of phenols is 3. The van der Waals surface area contributed by atoms with E-state index in [0.29, 0.717) is 11.3 Å². The van der Waals surface area contributed by atoms with E-state index in [9.17, 15) is 10.2 Å². The molecule has 3 N–H and O–H groups in total. The van der Waals surface area contributed by atoms with Gasteiger partial charge in [0.15, 0.2) is 34.5 Å². The summed E-state index contributed by atoms with van der Waals surface area (Å²) in [5.41, 5.74) is 1.29. The van der Waals surface area contributed by atoms with Crippen LogP contribution in [0, 0.1) is 34.0 Å². The molecule has 0 aliphatic heterocycles. The lowest BCUT2D eigenvalue weighted by Crippen LogP contribution is -1.92. The van der Waals surface area contributed by atoms with Crippen LogP contribution in [0.15, 0.2) is 42.5 Å². The molecule has 0 radical (unpaired) electrons. The minimum atomic E-state index is -0.242. The van der Waals surface area contributed by atoms with Gasteiger partial charge in [0.05, 0.1) is 56.2 Å². The molecular weight excluding hydrogens is 426 g/mol. The topological polar surface area (TPSA) is 160 Å². The molecule has 0 fully saturated rings. The number of phenolic OH excluding ortho intramolecular Hbond substituents is 3. The predicted molar refractivity (Wildman–Crippen MR) is 117 cm³/mol. The first-order valence-electron chi connectivity index (χ1n) is 9.23. The zero-order chi connectivity index (χ0) is 24.5. The molecule has 3 rings (SSSR count). The molecular formula is C24H19N3O6. The third-order valence-electron chi connectivity index (χ3n) is 4.45. The van der Waals surface area contributed by atoms with E-state index >= 15 is 0 Å². The Labute approximate surface area is 190 Å². The Bertz CT molecular complexity index is 1230. The highest BCUT2D eigenvalue weighted by Crippen LogP contribution is 2.45. The van der Waals surface area contributed by atoms with Crippen LogP contribution in [0.25, 0.3) is 11.1 Å². The van der Waals surface area contributed by atoms with Gasteiger partial charge in [0.1, 0.15) is 0 Å². The highest BCUT2D eigenvalue weighted by Gasteiger charge is 2.19. The van der Waals surface area contributed by atoms with Crippen molar-refractivity contribution in [2.24, 2.45) is 0 Å². The van der Waals surface area contributed by atoms with Gasteiger partial charge in [-0.1, -0.05) is 0 Å². The molecule has 0 aliphatic rings. The first-order chi connectivity index (χ1) is 15.8. The van der Waals surface area contributed by atoms with E-state index in [1.807, 2.05) is 18.2 Å². The molecule has 0 aliphatic carbocycles. The lowest BCUT2D eigenvalue weighted by Gasteiger charge is -2.13. The van der Waals surface area contributed by atoms with E-state index in [2.05, 4.69) is 0 Å². The van der Waals surface area contributed by atoms with Crippen molar-refractivity contribution in [2.75, 3.05) is 21.3 Å².